The monoisotopic (exact) mass is 320 g/mol. The van der Waals surface area contributed by atoms with E-state index in [0.29, 0.717) is 12.1 Å². The number of nitrogens with zero attached hydrogens (tertiary/aromatic N) is 3. The number of hydrogen-bond acceptors (Lipinski definition) is 4. The summed E-state index contributed by atoms with van der Waals surface area (Å²) in [4.78, 5) is 15.1. The Bertz CT molecular complexity index is 477. The Morgan fingerprint density at radius 3 is 2.65 bits per heavy atom. The molecular weight excluding hydrogens is 292 g/mol. The number of likely N-dealkylation sites (tertiary alicyclic amines) is 1. The number of hydrogen-bond donors (Lipinski definition) is 1. The predicted molar refractivity (Wildman–Crippen MR) is 88.1 cm³/mol. The zero-order valence-corrected chi connectivity index (χ0v) is 14.0. The third-order valence-corrected chi connectivity index (χ3v) is 5.12. The van der Waals surface area contributed by atoms with Crippen molar-refractivity contribution >= 4 is 5.91 Å². The van der Waals surface area contributed by atoms with Gasteiger partial charge < -0.3 is 15.0 Å². The molecule has 0 aromatic carbocycles. The van der Waals surface area contributed by atoms with Crippen molar-refractivity contribution in [3.05, 3.63) is 18.5 Å². The molecule has 3 heterocycles. The van der Waals surface area contributed by atoms with E-state index in [1.54, 1.807) is 10.9 Å². The normalized spacial score (nSPS) is 22.8. The van der Waals surface area contributed by atoms with E-state index in [4.69, 9.17) is 4.74 Å². The molecule has 3 rings (SSSR count). The highest BCUT2D eigenvalue weighted by Gasteiger charge is 2.28. The second-order valence-corrected chi connectivity index (χ2v) is 6.57. The second-order valence-electron chi connectivity index (χ2n) is 6.57. The third kappa shape index (κ3) is 4.12. The molecule has 2 fully saturated rings. The smallest absolute Gasteiger partial charge is 0.245 e. The van der Waals surface area contributed by atoms with Crippen molar-refractivity contribution in [2.45, 2.75) is 57.2 Å². The molecule has 23 heavy (non-hydrogen) atoms. The van der Waals surface area contributed by atoms with Gasteiger partial charge in [-0.25, -0.2) is 0 Å². The number of carbonyl (C=O) groups excluding carboxylic acids is 1. The van der Waals surface area contributed by atoms with Gasteiger partial charge in [-0.1, -0.05) is 6.92 Å². The summed E-state index contributed by atoms with van der Waals surface area (Å²) in [5, 5.41) is 7.44. The summed E-state index contributed by atoms with van der Waals surface area (Å²) >= 11 is 0. The highest BCUT2D eigenvalue weighted by atomic mass is 16.5. The first-order chi connectivity index (χ1) is 11.3. The van der Waals surface area contributed by atoms with Gasteiger partial charge in [-0.2, -0.15) is 5.10 Å². The fourth-order valence-corrected chi connectivity index (χ4v) is 3.71. The Kier molecular flexibility index (Phi) is 5.67. The van der Waals surface area contributed by atoms with Crippen LogP contribution in [0.3, 0.4) is 0 Å². The quantitative estimate of drug-likeness (QED) is 0.895. The molecule has 2 saturated heterocycles. The zero-order chi connectivity index (χ0) is 16.1. The van der Waals surface area contributed by atoms with Crippen LogP contribution in [0.2, 0.25) is 0 Å². The molecule has 0 saturated carbocycles. The Morgan fingerprint density at radius 1 is 1.30 bits per heavy atom. The van der Waals surface area contributed by atoms with Crippen LogP contribution in [0.15, 0.2) is 18.5 Å². The molecule has 2 aliphatic heterocycles. The van der Waals surface area contributed by atoms with E-state index in [-0.39, 0.29) is 11.9 Å². The molecule has 0 radical (unpaired) electrons. The van der Waals surface area contributed by atoms with Crippen LogP contribution in [-0.4, -0.2) is 59.0 Å². The van der Waals surface area contributed by atoms with Gasteiger partial charge in [-0.05, 0) is 38.2 Å². The Labute approximate surface area is 138 Å². The van der Waals surface area contributed by atoms with Gasteiger partial charge >= 0.3 is 0 Å². The first kappa shape index (κ1) is 16.5. The van der Waals surface area contributed by atoms with Crippen LogP contribution >= 0.6 is 0 Å². The summed E-state index contributed by atoms with van der Waals surface area (Å²) in [6.45, 7) is 5.97. The summed E-state index contributed by atoms with van der Waals surface area (Å²) in [6.07, 6.45) is 8.72. The fourth-order valence-electron chi connectivity index (χ4n) is 3.71. The van der Waals surface area contributed by atoms with Gasteiger partial charge in [-0.3, -0.25) is 9.48 Å². The van der Waals surface area contributed by atoms with Crippen LogP contribution in [0.5, 0.6) is 0 Å². The Morgan fingerprint density at radius 2 is 2.04 bits per heavy atom. The highest BCUT2D eigenvalue weighted by Crippen LogP contribution is 2.20. The Hall–Kier alpha value is -1.40. The van der Waals surface area contributed by atoms with Gasteiger partial charge in [0.15, 0.2) is 0 Å². The number of ether oxygens (including phenoxy) is 1. The highest BCUT2D eigenvalue weighted by molar-refractivity contribution is 5.80. The van der Waals surface area contributed by atoms with Crippen molar-refractivity contribution in [2.75, 3.05) is 26.3 Å². The SMILES string of the molecule is CCC(C(=O)NC1CCN(C2CCOCC2)CC1)n1cccn1. The van der Waals surface area contributed by atoms with Gasteiger partial charge in [0, 0.05) is 50.8 Å². The number of nitrogens with one attached hydrogen (secondary N) is 1. The largest absolute Gasteiger partial charge is 0.381 e. The molecule has 6 heteroatoms. The van der Waals surface area contributed by atoms with Crippen LogP contribution in [-0.2, 0) is 9.53 Å². The van der Waals surface area contributed by atoms with Gasteiger partial charge in [0.25, 0.3) is 0 Å². The lowest BCUT2D eigenvalue weighted by Gasteiger charge is -2.39. The second kappa shape index (κ2) is 7.93. The minimum absolute atomic E-state index is 0.0979. The molecule has 0 bridgehead atoms. The van der Waals surface area contributed by atoms with Gasteiger partial charge in [0.05, 0.1) is 0 Å². The van der Waals surface area contributed by atoms with Crippen molar-refractivity contribution in [3.8, 4) is 0 Å². The molecule has 6 nitrogen and oxygen atoms in total. The lowest BCUT2D eigenvalue weighted by atomic mass is 9.99. The average molecular weight is 320 g/mol. The summed E-state index contributed by atoms with van der Waals surface area (Å²) in [5.74, 6) is 0.0979. The Balaban J connectivity index is 1.47. The molecule has 128 valence electrons. The van der Waals surface area contributed by atoms with Crippen LogP contribution in [0.4, 0.5) is 0 Å². The molecule has 2 aliphatic rings. The van der Waals surface area contributed by atoms with E-state index in [2.05, 4.69) is 15.3 Å². The summed E-state index contributed by atoms with van der Waals surface area (Å²) in [7, 11) is 0. The van der Waals surface area contributed by atoms with Gasteiger partial charge in [0.1, 0.15) is 6.04 Å². The number of rotatable bonds is 5. The van der Waals surface area contributed by atoms with Crippen LogP contribution in [0, 0.1) is 0 Å². The third-order valence-electron chi connectivity index (χ3n) is 5.12. The van der Waals surface area contributed by atoms with E-state index in [1.165, 1.54) is 0 Å². The van der Waals surface area contributed by atoms with E-state index in [1.807, 2.05) is 19.2 Å². The number of piperidine rings is 1. The number of amides is 1. The van der Waals surface area contributed by atoms with Gasteiger partial charge in [0.2, 0.25) is 5.91 Å². The minimum atomic E-state index is -0.196. The fraction of sp³-hybridized carbons (Fsp3) is 0.765. The maximum absolute atomic E-state index is 12.5. The van der Waals surface area contributed by atoms with Crippen molar-refractivity contribution < 1.29 is 9.53 Å². The molecule has 0 aliphatic carbocycles. The minimum Gasteiger partial charge on any atom is -0.381 e. The molecule has 1 amide bonds. The molecule has 1 unspecified atom stereocenters. The summed E-state index contributed by atoms with van der Waals surface area (Å²) in [5.41, 5.74) is 0. The van der Waals surface area contributed by atoms with Crippen molar-refractivity contribution in [3.63, 3.8) is 0 Å². The first-order valence-electron chi connectivity index (χ1n) is 8.89. The lowest BCUT2D eigenvalue weighted by molar-refractivity contribution is -0.125. The molecule has 1 atom stereocenters. The van der Waals surface area contributed by atoms with Crippen LogP contribution in [0.25, 0.3) is 0 Å². The molecule has 1 N–H and O–H groups in total. The molecule has 0 spiro atoms. The van der Waals surface area contributed by atoms with Crippen molar-refractivity contribution in [1.82, 2.24) is 20.0 Å². The molecule has 1 aromatic heterocycles. The summed E-state index contributed by atoms with van der Waals surface area (Å²) in [6, 6.07) is 2.64. The zero-order valence-electron chi connectivity index (χ0n) is 14.0. The maximum Gasteiger partial charge on any atom is 0.245 e. The number of aromatic nitrogens is 2. The molecule has 1 aromatic rings. The first-order valence-corrected chi connectivity index (χ1v) is 8.89. The topological polar surface area (TPSA) is 59.4 Å². The standard InChI is InChI=1S/C17H28N4O2/c1-2-16(21-9-3-8-18-21)17(22)19-14-4-10-20(11-5-14)15-6-12-23-13-7-15/h3,8-9,14-16H,2,4-7,10-13H2,1H3,(H,19,22). The predicted octanol–water partition coefficient (Wildman–Crippen LogP) is 1.59. The maximum atomic E-state index is 12.5. The average Bonchev–Trinajstić information content (AvgIpc) is 3.11. The van der Waals surface area contributed by atoms with E-state index < -0.39 is 0 Å². The number of carbonyl (C=O) groups is 1. The van der Waals surface area contributed by atoms with Crippen molar-refractivity contribution in [2.24, 2.45) is 0 Å². The molecular formula is C17H28N4O2. The van der Waals surface area contributed by atoms with Gasteiger partial charge in [-0.15, -0.1) is 0 Å². The van der Waals surface area contributed by atoms with E-state index >= 15 is 0 Å². The summed E-state index contributed by atoms with van der Waals surface area (Å²) < 4.78 is 7.20. The van der Waals surface area contributed by atoms with E-state index in [0.717, 1.165) is 58.4 Å². The van der Waals surface area contributed by atoms with Crippen LogP contribution < -0.4 is 5.32 Å². The van der Waals surface area contributed by atoms with E-state index in [9.17, 15) is 4.79 Å². The van der Waals surface area contributed by atoms with Crippen molar-refractivity contribution in [1.29, 1.82) is 0 Å². The van der Waals surface area contributed by atoms with Crippen LogP contribution in [0.1, 0.15) is 45.1 Å². The lowest BCUT2D eigenvalue weighted by Crippen LogP contribution is -2.50.